The number of hydrogen-bond donors (Lipinski definition) is 2. The van der Waals surface area contributed by atoms with Crippen LogP contribution in [0, 0.1) is 0 Å². The SMILES string of the molecule is CC(C)(C)N[C@@H]1c2ccccc2C[C@H]1O. The van der Waals surface area contributed by atoms with Crippen LogP contribution in [0.1, 0.15) is 37.9 Å². The highest BCUT2D eigenvalue weighted by molar-refractivity contribution is 5.36. The fourth-order valence-corrected chi connectivity index (χ4v) is 2.21. The Kier molecular flexibility index (Phi) is 2.57. The molecule has 0 amide bonds. The largest absolute Gasteiger partial charge is 0.391 e. The normalized spacial score (nSPS) is 25.3. The van der Waals surface area contributed by atoms with Gasteiger partial charge in [-0.2, -0.15) is 0 Å². The molecule has 82 valence electrons. The molecular formula is C13H19NO. The monoisotopic (exact) mass is 205 g/mol. The van der Waals surface area contributed by atoms with Crippen LogP contribution in [0.2, 0.25) is 0 Å². The standard InChI is InChI=1S/C13H19NO/c1-13(2,3)14-12-10-7-5-4-6-9(10)8-11(12)15/h4-7,11-12,14-15H,8H2,1-3H3/t11-,12-/m1/s1. The summed E-state index contributed by atoms with van der Waals surface area (Å²) in [5, 5.41) is 13.5. The van der Waals surface area contributed by atoms with Gasteiger partial charge in [0.25, 0.3) is 0 Å². The van der Waals surface area contributed by atoms with Gasteiger partial charge in [-0.1, -0.05) is 24.3 Å². The van der Waals surface area contributed by atoms with Gasteiger partial charge in [-0.15, -0.1) is 0 Å². The Bertz CT molecular complexity index is 354. The number of nitrogens with one attached hydrogen (secondary N) is 1. The molecule has 2 heteroatoms. The van der Waals surface area contributed by atoms with Crippen LogP contribution >= 0.6 is 0 Å². The molecule has 0 aromatic heterocycles. The molecule has 15 heavy (non-hydrogen) atoms. The van der Waals surface area contributed by atoms with Crippen LogP contribution in [0.4, 0.5) is 0 Å². The second kappa shape index (κ2) is 3.62. The highest BCUT2D eigenvalue weighted by Gasteiger charge is 2.32. The second-order valence-electron chi connectivity index (χ2n) is 5.34. The van der Waals surface area contributed by atoms with Crippen LogP contribution in [-0.2, 0) is 6.42 Å². The van der Waals surface area contributed by atoms with Gasteiger partial charge in [0.2, 0.25) is 0 Å². The lowest BCUT2D eigenvalue weighted by molar-refractivity contribution is 0.126. The summed E-state index contributed by atoms with van der Waals surface area (Å²) >= 11 is 0. The molecule has 1 aromatic rings. The van der Waals surface area contributed by atoms with Crippen molar-refractivity contribution in [2.75, 3.05) is 0 Å². The highest BCUT2D eigenvalue weighted by atomic mass is 16.3. The summed E-state index contributed by atoms with van der Waals surface area (Å²) in [4.78, 5) is 0. The first-order valence-corrected chi connectivity index (χ1v) is 5.51. The topological polar surface area (TPSA) is 32.3 Å². The summed E-state index contributed by atoms with van der Waals surface area (Å²) in [6, 6.07) is 8.36. The van der Waals surface area contributed by atoms with Crippen molar-refractivity contribution in [2.45, 2.75) is 44.9 Å². The lowest BCUT2D eigenvalue weighted by Gasteiger charge is -2.28. The predicted molar refractivity (Wildman–Crippen MR) is 61.8 cm³/mol. The summed E-state index contributed by atoms with van der Waals surface area (Å²) in [5.41, 5.74) is 2.55. The Labute approximate surface area is 91.3 Å². The van der Waals surface area contributed by atoms with Gasteiger partial charge in [-0.25, -0.2) is 0 Å². The minimum atomic E-state index is -0.290. The Hall–Kier alpha value is -0.860. The summed E-state index contributed by atoms with van der Waals surface area (Å²) < 4.78 is 0. The van der Waals surface area contributed by atoms with E-state index in [1.165, 1.54) is 11.1 Å². The van der Waals surface area contributed by atoms with E-state index in [9.17, 15) is 5.11 Å². The van der Waals surface area contributed by atoms with Crippen LogP contribution in [0.3, 0.4) is 0 Å². The third kappa shape index (κ3) is 2.21. The maximum absolute atomic E-state index is 10.0. The Morgan fingerprint density at radius 3 is 2.60 bits per heavy atom. The van der Waals surface area contributed by atoms with Gasteiger partial charge >= 0.3 is 0 Å². The summed E-state index contributed by atoms with van der Waals surface area (Å²) in [7, 11) is 0. The molecule has 0 bridgehead atoms. The van der Waals surface area contributed by atoms with E-state index in [0.717, 1.165) is 6.42 Å². The van der Waals surface area contributed by atoms with E-state index in [2.05, 4.69) is 38.2 Å². The maximum atomic E-state index is 10.0. The molecule has 0 saturated heterocycles. The van der Waals surface area contributed by atoms with E-state index >= 15 is 0 Å². The van der Waals surface area contributed by atoms with Crippen molar-refractivity contribution in [3.63, 3.8) is 0 Å². The zero-order chi connectivity index (χ0) is 11.1. The smallest absolute Gasteiger partial charge is 0.0775 e. The highest BCUT2D eigenvalue weighted by Crippen LogP contribution is 2.32. The van der Waals surface area contributed by atoms with Gasteiger partial charge in [-0.05, 0) is 31.9 Å². The quantitative estimate of drug-likeness (QED) is 0.735. The molecule has 1 aromatic carbocycles. The Balaban J connectivity index is 2.26. The van der Waals surface area contributed by atoms with Gasteiger partial charge in [0, 0.05) is 12.0 Å². The van der Waals surface area contributed by atoms with E-state index in [1.807, 2.05) is 12.1 Å². The van der Waals surface area contributed by atoms with Crippen molar-refractivity contribution in [3.8, 4) is 0 Å². The number of hydrogen-bond acceptors (Lipinski definition) is 2. The number of benzene rings is 1. The molecule has 1 aliphatic carbocycles. The molecule has 0 heterocycles. The van der Waals surface area contributed by atoms with E-state index in [1.54, 1.807) is 0 Å². The van der Waals surface area contributed by atoms with Crippen molar-refractivity contribution in [2.24, 2.45) is 0 Å². The Morgan fingerprint density at radius 2 is 1.93 bits per heavy atom. The van der Waals surface area contributed by atoms with Gasteiger partial charge in [0.05, 0.1) is 12.1 Å². The molecule has 2 rings (SSSR count). The molecular weight excluding hydrogens is 186 g/mol. The molecule has 2 nitrogen and oxygen atoms in total. The minimum absolute atomic E-state index is 0.0309. The van der Waals surface area contributed by atoms with Crippen LogP contribution in [0.15, 0.2) is 24.3 Å². The van der Waals surface area contributed by atoms with E-state index in [4.69, 9.17) is 0 Å². The molecule has 1 aliphatic rings. The van der Waals surface area contributed by atoms with Gasteiger partial charge in [-0.3, -0.25) is 0 Å². The number of fused-ring (bicyclic) bond motifs is 1. The molecule has 0 spiro atoms. The van der Waals surface area contributed by atoms with Crippen molar-refractivity contribution in [1.82, 2.24) is 5.32 Å². The maximum Gasteiger partial charge on any atom is 0.0775 e. The van der Waals surface area contributed by atoms with Crippen LogP contribution in [-0.4, -0.2) is 16.7 Å². The second-order valence-corrected chi connectivity index (χ2v) is 5.34. The number of aliphatic hydroxyl groups excluding tert-OH is 1. The zero-order valence-electron chi connectivity index (χ0n) is 9.62. The van der Waals surface area contributed by atoms with E-state index < -0.39 is 0 Å². The fraction of sp³-hybridized carbons (Fsp3) is 0.538. The minimum Gasteiger partial charge on any atom is -0.391 e. The zero-order valence-corrected chi connectivity index (χ0v) is 9.62. The lowest BCUT2D eigenvalue weighted by atomic mass is 10.0. The van der Waals surface area contributed by atoms with Gasteiger partial charge < -0.3 is 10.4 Å². The van der Waals surface area contributed by atoms with Crippen LogP contribution in [0.25, 0.3) is 0 Å². The first kappa shape index (κ1) is 10.7. The molecule has 2 N–H and O–H groups in total. The first-order chi connectivity index (χ1) is 6.97. The third-order valence-electron chi connectivity index (χ3n) is 2.79. The number of aliphatic hydroxyl groups is 1. The van der Waals surface area contributed by atoms with Crippen LogP contribution < -0.4 is 5.32 Å². The molecule has 0 unspecified atom stereocenters. The molecule has 0 saturated carbocycles. The van der Waals surface area contributed by atoms with Gasteiger partial charge in [0.1, 0.15) is 0 Å². The molecule has 0 fully saturated rings. The summed E-state index contributed by atoms with van der Waals surface area (Å²) in [5.74, 6) is 0. The van der Waals surface area contributed by atoms with Crippen molar-refractivity contribution < 1.29 is 5.11 Å². The Morgan fingerprint density at radius 1 is 1.27 bits per heavy atom. The average molecular weight is 205 g/mol. The number of rotatable bonds is 1. The fourth-order valence-electron chi connectivity index (χ4n) is 2.21. The summed E-state index contributed by atoms with van der Waals surface area (Å²) in [6.45, 7) is 6.38. The van der Waals surface area contributed by atoms with Crippen LogP contribution in [0.5, 0.6) is 0 Å². The van der Waals surface area contributed by atoms with Crippen molar-refractivity contribution >= 4 is 0 Å². The van der Waals surface area contributed by atoms with E-state index in [0.29, 0.717) is 0 Å². The molecule has 0 radical (unpaired) electrons. The van der Waals surface area contributed by atoms with Crippen molar-refractivity contribution in [1.29, 1.82) is 0 Å². The predicted octanol–water partition coefficient (Wildman–Crippen LogP) is 2.03. The third-order valence-corrected chi connectivity index (χ3v) is 2.79. The lowest BCUT2D eigenvalue weighted by Crippen LogP contribution is -2.42. The van der Waals surface area contributed by atoms with Gasteiger partial charge in [0.15, 0.2) is 0 Å². The molecule has 2 atom stereocenters. The van der Waals surface area contributed by atoms with E-state index in [-0.39, 0.29) is 17.7 Å². The molecule has 0 aliphatic heterocycles. The first-order valence-electron chi connectivity index (χ1n) is 5.51. The summed E-state index contributed by atoms with van der Waals surface area (Å²) in [6.07, 6.45) is 0.478. The average Bonchev–Trinajstić information content (AvgIpc) is 2.41. The van der Waals surface area contributed by atoms with Crippen molar-refractivity contribution in [3.05, 3.63) is 35.4 Å².